The third kappa shape index (κ3) is 3.82. The van der Waals surface area contributed by atoms with Gasteiger partial charge in [-0.1, -0.05) is 30.3 Å². The highest BCUT2D eigenvalue weighted by Crippen LogP contribution is 2.34. The average molecular weight is 297 g/mol. The first-order valence-corrected chi connectivity index (χ1v) is 6.49. The van der Waals surface area contributed by atoms with Crippen molar-refractivity contribution in [3.63, 3.8) is 0 Å². The molecule has 2 rings (SSSR count). The summed E-state index contributed by atoms with van der Waals surface area (Å²) in [5.41, 5.74) is 6.38. The van der Waals surface area contributed by atoms with Crippen molar-refractivity contribution in [2.45, 2.75) is 25.6 Å². The quantitative estimate of drug-likeness (QED) is 0.835. The lowest BCUT2D eigenvalue weighted by molar-refractivity contribution is -0.139. The van der Waals surface area contributed by atoms with Crippen LogP contribution in [0.4, 0.5) is 17.6 Å². The first-order chi connectivity index (χ1) is 9.77. The maximum Gasteiger partial charge on any atom is 0.419 e. The normalized spacial score (nSPS) is 13.2. The summed E-state index contributed by atoms with van der Waals surface area (Å²) in [6, 6.07) is 10.1. The van der Waals surface area contributed by atoms with Gasteiger partial charge in [0.05, 0.1) is 5.56 Å². The molecule has 0 amide bonds. The van der Waals surface area contributed by atoms with Crippen molar-refractivity contribution < 1.29 is 17.6 Å². The average Bonchev–Trinajstić information content (AvgIpc) is 2.38. The van der Waals surface area contributed by atoms with Gasteiger partial charge in [0.25, 0.3) is 0 Å². The molecule has 5 heteroatoms. The van der Waals surface area contributed by atoms with Crippen molar-refractivity contribution in [2.75, 3.05) is 0 Å². The SMILES string of the molecule is CC(N)Cc1ccc(-c2ccc(F)c(C(F)(F)F)c2)cc1. The van der Waals surface area contributed by atoms with Crippen molar-refractivity contribution in [3.05, 3.63) is 59.4 Å². The highest BCUT2D eigenvalue weighted by molar-refractivity contribution is 5.64. The Balaban J connectivity index is 2.34. The van der Waals surface area contributed by atoms with Crippen molar-refractivity contribution in [1.29, 1.82) is 0 Å². The zero-order chi connectivity index (χ0) is 15.6. The van der Waals surface area contributed by atoms with Crippen LogP contribution >= 0.6 is 0 Å². The molecule has 0 spiro atoms. The van der Waals surface area contributed by atoms with E-state index in [0.717, 1.165) is 17.7 Å². The maximum atomic E-state index is 13.3. The highest BCUT2D eigenvalue weighted by atomic mass is 19.4. The summed E-state index contributed by atoms with van der Waals surface area (Å²) in [6.45, 7) is 1.88. The molecule has 21 heavy (non-hydrogen) atoms. The van der Waals surface area contributed by atoms with Crippen LogP contribution in [0.5, 0.6) is 0 Å². The third-order valence-corrected chi connectivity index (χ3v) is 3.12. The van der Waals surface area contributed by atoms with Gasteiger partial charge < -0.3 is 5.73 Å². The minimum Gasteiger partial charge on any atom is -0.328 e. The van der Waals surface area contributed by atoms with Crippen LogP contribution in [0.25, 0.3) is 11.1 Å². The van der Waals surface area contributed by atoms with Crippen LogP contribution in [0.2, 0.25) is 0 Å². The van der Waals surface area contributed by atoms with Crippen LogP contribution in [0.3, 0.4) is 0 Å². The molecule has 0 saturated carbocycles. The van der Waals surface area contributed by atoms with E-state index < -0.39 is 17.6 Å². The fraction of sp³-hybridized carbons (Fsp3) is 0.250. The predicted octanol–water partition coefficient (Wildman–Crippen LogP) is 4.40. The molecule has 0 aliphatic rings. The number of alkyl halides is 3. The summed E-state index contributed by atoms with van der Waals surface area (Å²) in [7, 11) is 0. The molecule has 1 unspecified atom stereocenters. The standard InChI is InChI=1S/C16H15F4N/c1-10(21)8-11-2-4-12(5-3-11)13-6-7-15(17)14(9-13)16(18,19)20/h2-7,9-10H,8,21H2,1H3. The fourth-order valence-corrected chi connectivity index (χ4v) is 2.13. The van der Waals surface area contributed by atoms with E-state index in [1.165, 1.54) is 6.07 Å². The van der Waals surface area contributed by atoms with Gasteiger partial charge in [-0.05, 0) is 42.2 Å². The van der Waals surface area contributed by atoms with E-state index in [-0.39, 0.29) is 6.04 Å². The van der Waals surface area contributed by atoms with Crippen LogP contribution < -0.4 is 5.73 Å². The van der Waals surface area contributed by atoms with E-state index in [1.807, 2.05) is 19.1 Å². The molecule has 2 N–H and O–H groups in total. The second-order valence-corrected chi connectivity index (χ2v) is 5.07. The van der Waals surface area contributed by atoms with Crippen molar-refractivity contribution >= 4 is 0 Å². The lowest BCUT2D eigenvalue weighted by atomic mass is 9.99. The van der Waals surface area contributed by atoms with E-state index >= 15 is 0 Å². The van der Waals surface area contributed by atoms with Gasteiger partial charge in [-0.2, -0.15) is 13.2 Å². The first-order valence-electron chi connectivity index (χ1n) is 6.49. The Morgan fingerprint density at radius 1 is 1.00 bits per heavy atom. The first kappa shape index (κ1) is 15.5. The lowest BCUT2D eigenvalue weighted by Crippen LogP contribution is -2.17. The van der Waals surface area contributed by atoms with Gasteiger partial charge in [-0.15, -0.1) is 0 Å². The Bertz CT molecular complexity index is 615. The number of halogens is 4. The highest BCUT2D eigenvalue weighted by Gasteiger charge is 2.34. The van der Waals surface area contributed by atoms with Gasteiger partial charge in [0.1, 0.15) is 5.82 Å². The molecule has 0 radical (unpaired) electrons. The second-order valence-electron chi connectivity index (χ2n) is 5.07. The Hall–Kier alpha value is -1.88. The minimum absolute atomic E-state index is 0.0125. The molecule has 2 aromatic rings. The van der Waals surface area contributed by atoms with Gasteiger partial charge in [0, 0.05) is 6.04 Å². The monoisotopic (exact) mass is 297 g/mol. The van der Waals surface area contributed by atoms with Crippen LogP contribution in [-0.2, 0) is 12.6 Å². The number of benzene rings is 2. The summed E-state index contributed by atoms with van der Waals surface area (Å²) in [4.78, 5) is 0. The number of nitrogens with two attached hydrogens (primary N) is 1. The van der Waals surface area contributed by atoms with Crippen LogP contribution in [-0.4, -0.2) is 6.04 Å². The molecule has 0 bridgehead atoms. The predicted molar refractivity (Wildman–Crippen MR) is 74.2 cm³/mol. The topological polar surface area (TPSA) is 26.0 Å². The smallest absolute Gasteiger partial charge is 0.328 e. The van der Waals surface area contributed by atoms with Gasteiger partial charge in [-0.3, -0.25) is 0 Å². The zero-order valence-electron chi connectivity index (χ0n) is 11.4. The summed E-state index contributed by atoms with van der Waals surface area (Å²) in [5.74, 6) is -1.26. The second kappa shape index (κ2) is 5.85. The van der Waals surface area contributed by atoms with E-state index in [1.54, 1.807) is 12.1 Å². The Morgan fingerprint density at radius 3 is 2.10 bits per heavy atom. The molecular formula is C16H15F4N. The van der Waals surface area contributed by atoms with E-state index in [0.29, 0.717) is 17.5 Å². The van der Waals surface area contributed by atoms with E-state index in [9.17, 15) is 17.6 Å². The van der Waals surface area contributed by atoms with Gasteiger partial charge in [0.15, 0.2) is 0 Å². The van der Waals surface area contributed by atoms with Crippen LogP contribution in [0.1, 0.15) is 18.1 Å². The van der Waals surface area contributed by atoms with E-state index in [4.69, 9.17) is 5.73 Å². The molecule has 0 fully saturated rings. The Morgan fingerprint density at radius 2 is 1.57 bits per heavy atom. The number of hydrogen-bond donors (Lipinski definition) is 1. The summed E-state index contributed by atoms with van der Waals surface area (Å²) in [6.07, 6.45) is -4.01. The molecule has 0 aromatic heterocycles. The number of rotatable bonds is 3. The number of hydrogen-bond acceptors (Lipinski definition) is 1. The molecular weight excluding hydrogens is 282 g/mol. The molecule has 1 atom stereocenters. The Kier molecular flexibility index (Phi) is 4.32. The fourth-order valence-electron chi connectivity index (χ4n) is 2.13. The van der Waals surface area contributed by atoms with Gasteiger partial charge in [0.2, 0.25) is 0 Å². The molecule has 0 aliphatic heterocycles. The van der Waals surface area contributed by atoms with Crippen molar-refractivity contribution in [1.82, 2.24) is 0 Å². The van der Waals surface area contributed by atoms with Crippen molar-refractivity contribution in [3.8, 4) is 11.1 Å². The summed E-state index contributed by atoms with van der Waals surface area (Å²) < 4.78 is 51.3. The van der Waals surface area contributed by atoms with E-state index in [2.05, 4.69) is 0 Å². The molecule has 112 valence electrons. The van der Waals surface area contributed by atoms with Gasteiger partial charge >= 0.3 is 6.18 Å². The molecule has 0 saturated heterocycles. The van der Waals surface area contributed by atoms with Gasteiger partial charge in [-0.25, -0.2) is 4.39 Å². The molecule has 1 nitrogen and oxygen atoms in total. The van der Waals surface area contributed by atoms with Crippen molar-refractivity contribution in [2.24, 2.45) is 5.73 Å². The molecule has 0 heterocycles. The van der Waals surface area contributed by atoms with Crippen LogP contribution in [0.15, 0.2) is 42.5 Å². The molecule has 2 aromatic carbocycles. The zero-order valence-corrected chi connectivity index (χ0v) is 11.4. The molecule has 0 aliphatic carbocycles. The Labute approximate surface area is 120 Å². The minimum atomic E-state index is -4.70. The third-order valence-electron chi connectivity index (χ3n) is 3.12. The largest absolute Gasteiger partial charge is 0.419 e. The summed E-state index contributed by atoms with van der Waals surface area (Å²) in [5, 5.41) is 0. The van der Waals surface area contributed by atoms with Crippen LogP contribution in [0, 0.1) is 5.82 Å². The maximum absolute atomic E-state index is 13.3. The summed E-state index contributed by atoms with van der Waals surface area (Å²) >= 11 is 0. The lowest BCUT2D eigenvalue weighted by Gasteiger charge is -2.11.